The van der Waals surface area contributed by atoms with E-state index in [9.17, 15) is 19.8 Å². The van der Waals surface area contributed by atoms with Crippen molar-refractivity contribution in [3.05, 3.63) is 88.8 Å². The van der Waals surface area contributed by atoms with Crippen molar-refractivity contribution in [1.82, 2.24) is 10.3 Å². The summed E-state index contributed by atoms with van der Waals surface area (Å²) < 4.78 is 10.4. The molecule has 1 aliphatic carbocycles. The Bertz CT molecular complexity index is 1270. The lowest BCUT2D eigenvalue weighted by Gasteiger charge is -2.26. The van der Waals surface area contributed by atoms with Gasteiger partial charge in [0.05, 0.1) is 14.2 Å². The number of methoxy groups -OCH3 is 2. The fraction of sp³-hybridized carbons (Fsp3) is 0.179. The second-order valence-electron chi connectivity index (χ2n) is 8.32. The number of benzene rings is 2. The summed E-state index contributed by atoms with van der Waals surface area (Å²) in [6, 6.07) is 14.4. The van der Waals surface area contributed by atoms with E-state index in [1.165, 1.54) is 26.4 Å². The first kappa shape index (κ1) is 24.5. The number of amides is 1. The van der Waals surface area contributed by atoms with Gasteiger partial charge in [0.25, 0.3) is 5.91 Å². The van der Waals surface area contributed by atoms with Gasteiger partial charge >= 0.3 is 0 Å². The molecule has 0 unspecified atom stereocenters. The van der Waals surface area contributed by atoms with Crippen LogP contribution < -0.4 is 14.8 Å². The second-order valence-corrected chi connectivity index (χ2v) is 8.32. The van der Waals surface area contributed by atoms with Gasteiger partial charge in [0.15, 0.2) is 28.8 Å². The predicted octanol–water partition coefficient (Wildman–Crippen LogP) is 4.14. The van der Waals surface area contributed by atoms with Crippen molar-refractivity contribution in [2.45, 2.75) is 18.9 Å². The molecule has 1 saturated carbocycles. The summed E-state index contributed by atoms with van der Waals surface area (Å²) in [6.45, 7) is 0. The Morgan fingerprint density at radius 2 is 1.47 bits per heavy atom. The SMILES string of the molecule is COc1cc(/C=C2\CC(NC(=O)c3ccccn3)C/C(=C\c3ccc(O)c(OC)c3)C2=O)ccc1O. The number of rotatable bonds is 6. The van der Waals surface area contributed by atoms with Gasteiger partial charge < -0.3 is 25.0 Å². The Morgan fingerprint density at radius 3 is 1.94 bits per heavy atom. The molecular weight excluding hydrogens is 460 g/mol. The molecular formula is C28H26N2O6. The number of hydrogen-bond acceptors (Lipinski definition) is 7. The number of aromatic hydroxyl groups is 2. The fourth-order valence-corrected chi connectivity index (χ4v) is 4.07. The Labute approximate surface area is 208 Å². The van der Waals surface area contributed by atoms with E-state index in [1.807, 2.05) is 0 Å². The minimum atomic E-state index is -0.354. The van der Waals surface area contributed by atoms with Crippen LogP contribution in [0.4, 0.5) is 0 Å². The Hall–Kier alpha value is -4.59. The molecule has 8 nitrogen and oxygen atoms in total. The highest BCUT2D eigenvalue weighted by Gasteiger charge is 2.29. The number of ketones is 1. The molecule has 36 heavy (non-hydrogen) atoms. The lowest BCUT2D eigenvalue weighted by atomic mass is 9.83. The fourth-order valence-electron chi connectivity index (χ4n) is 4.07. The molecule has 4 rings (SSSR count). The normalized spacial score (nSPS) is 17.7. The van der Waals surface area contributed by atoms with E-state index in [2.05, 4.69) is 10.3 Å². The zero-order valence-corrected chi connectivity index (χ0v) is 19.9. The van der Waals surface area contributed by atoms with Gasteiger partial charge in [-0.1, -0.05) is 18.2 Å². The van der Waals surface area contributed by atoms with Crippen molar-refractivity contribution >= 4 is 23.8 Å². The Kier molecular flexibility index (Phi) is 7.34. The number of phenolic OH excluding ortho intramolecular Hbond substituents is 2. The van der Waals surface area contributed by atoms with E-state index in [4.69, 9.17) is 9.47 Å². The topological polar surface area (TPSA) is 118 Å². The number of Topliss-reactive ketones (excluding diaryl/α,β-unsaturated/α-hetero) is 1. The summed E-state index contributed by atoms with van der Waals surface area (Å²) in [7, 11) is 2.90. The van der Waals surface area contributed by atoms with E-state index in [1.54, 1.807) is 60.8 Å². The summed E-state index contributed by atoms with van der Waals surface area (Å²) in [5.41, 5.74) is 2.64. The molecule has 0 bridgehead atoms. The number of phenols is 2. The molecule has 8 heteroatoms. The lowest BCUT2D eigenvalue weighted by molar-refractivity contribution is -0.113. The van der Waals surface area contributed by atoms with Gasteiger partial charge in [-0.15, -0.1) is 0 Å². The Morgan fingerprint density at radius 1 is 0.917 bits per heavy atom. The van der Waals surface area contributed by atoms with Crippen LogP contribution in [0.1, 0.15) is 34.5 Å². The van der Waals surface area contributed by atoms with Gasteiger partial charge in [0.2, 0.25) is 0 Å². The number of nitrogens with zero attached hydrogens (tertiary/aromatic N) is 1. The molecule has 0 saturated heterocycles. The molecule has 0 radical (unpaired) electrons. The van der Waals surface area contributed by atoms with Gasteiger partial charge in [-0.25, -0.2) is 0 Å². The van der Waals surface area contributed by atoms with Crippen molar-refractivity contribution in [3.8, 4) is 23.0 Å². The maximum Gasteiger partial charge on any atom is 0.270 e. The smallest absolute Gasteiger partial charge is 0.270 e. The molecule has 0 spiro atoms. The summed E-state index contributed by atoms with van der Waals surface area (Å²) in [5, 5.41) is 22.8. The summed E-state index contributed by atoms with van der Waals surface area (Å²) in [6.07, 6.45) is 5.64. The first-order valence-electron chi connectivity index (χ1n) is 11.3. The van der Waals surface area contributed by atoms with Gasteiger partial charge in [-0.05, 0) is 72.5 Å². The first-order valence-corrected chi connectivity index (χ1v) is 11.3. The van der Waals surface area contributed by atoms with E-state index in [-0.39, 0.29) is 34.9 Å². The highest BCUT2D eigenvalue weighted by Crippen LogP contribution is 2.33. The van der Waals surface area contributed by atoms with Crippen LogP contribution in [0.15, 0.2) is 71.9 Å². The number of hydrogen-bond donors (Lipinski definition) is 3. The number of carbonyl (C=O) groups is 2. The van der Waals surface area contributed by atoms with Crippen LogP contribution in [0.25, 0.3) is 12.2 Å². The maximum atomic E-state index is 13.5. The lowest BCUT2D eigenvalue weighted by Crippen LogP contribution is -2.39. The first-order chi connectivity index (χ1) is 17.4. The Balaban J connectivity index is 1.70. The number of nitrogens with one attached hydrogen (secondary N) is 1. The van der Waals surface area contributed by atoms with Crippen molar-refractivity contribution in [2.75, 3.05) is 14.2 Å². The van der Waals surface area contributed by atoms with E-state index in [0.29, 0.717) is 46.6 Å². The van der Waals surface area contributed by atoms with Crippen molar-refractivity contribution in [3.63, 3.8) is 0 Å². The van der Waals surface area contributed by atoms with Crippen molar-refractivity contribution in [2.24, 2.45) is 0 Å². The van der Waals surface area contributed by atoms with Crippen LogP contribution in [0.2, 0.25) is 0 Å². The van der Waals surface area contributed by atoms with Gasteiger partial charge in [0, 0.05) is 23.4 Å². The number of aromatic nitrogens is 1. The third-order valence-electron chi connectivity index (χ3n) is 5.84. The average molecular weight is 487 g/mol. The molecule has 0 atom stereocenters. The molecule has 184 valence electrons. The number of pyridine rings is 1. The summed E-state index contributed by atoms with van der Waals surface area (Å²) in [4.78, 5) is 30.3. The van der Waals surface area contributed by atoms with Crippen LogP contribution in [0.5, 0.6) is 23.0 Å². The van der Waals surface area contributed by atoms with E-state index < -0.39 is 0 Å². The van der Waals surface area contributed by atoms with E-state index >= 15 is 0 Å². The molecule has 3 aromatic rings. The minimum Gasteiger partial charge on any atom is -0.504 e. The van der Waals surface area contributed by atoms with Crippen LogP contribution in [-0.4, -0.2) is 47.1 Å². The molecule has 2 aromatic carbocycles. The van der Waals surface area contributed by atoms with Gasteiger partial charge in [-0.2, -0.15) is 0 Å². The minimum absolute atomic E-state index is 0.00279. The largest absolute Gasteiger partial charge is 0.504 e. The maximum absolute atomic E-state index is 13.5. The molecule has 1 fully saturated rings. The number of ether oxygens (including phenoxy) is 2. The summed E-state index contributed by atoms with van der Waals surface area (Å²) in [5.74, 6) is 0.0942. The van der Waals surface area contributed by atoms with Crippen LogP contribution >= 0.6 is 0 Å². The molecule has 1 amide bonds. The van der Waals surface area contributed by atoms with Crippen molar-refractivity contribution in [1.29, 1.82) is 0 Å². The molecule has 3 N–H and O–H groups in total. The summed E-state index contributed by atoms with van der Waals surface area (Å²) >= 11 is 0. The quantitative estimate of drug-likeness (QED) is 0.448. The zero-order valence-electron chi connectivity index (χ0n) is 19.9. The van der Waals surface area contributed by atoms with Crippen LogP contribution in [0, 0.1) is 0 Å². The third-order valence-corrected chi connectivity index (χ3v) is 5.84. The van der Waals surface area contributed by atoms with Gasteiger partial charge in [-0.3, -0.25) is 14.6 Å². The van der Waals surface area contributed by atoms with Crippen molar-refractivity contribution < 1.29 is 29.3 Å². The zero-order chi connectivity index (χ0) is 25.7. The standard InChI is InChI=1S/C28H26N2O6/c1-35-25-13-17(6-8-23(25)31)11-19-15-21(30-28(34)22-5-3-4-10-29-22)16-20(27(19)33)12-18-7-9-24(32)26(14-18)36-2/h3-14,21,31-32H,15-16H2,1-2H3,(H,30,34)/b19-11+,20-12+. The average Bonchev–Trinajstić information content (AvgIpc) is 2.89. The van der Waals surface area contributed by atoms with E-state index in [0.717, 1.165) is 0 Å². The third kappa shape index (κ3) is 5.55. The molecule has 0 aliphatic heterocycles. The predicted molar refractivity (Wildman–Crippen MR) is 135 cm³/mol. The monoisotopic (exact) mass is 486 g/mol. The highest BCUT2D eigenvalue weighted by molar-refractivity contribution is 6.14. The van der Waals surface area contributed by atoms with Gasteiger partial charge in [0.1, 0.15) is 5.69 Å². The van der Waals surface area contributed by atoms with Crippen LogP contribution in [-0.2, 0) is 4.79 Å². The highest BCUT2D eigenvalue weighted by atomic mass is 16.5. The van der Waals surface area contributed by atoms with Crippen LogP contribution in [0.3, 0.4) is 0 Å². The molecule has 1 aromatic heterocycles. The second kappa shape index (κ2) is 10.8. The molecule has 1 aliphatic rings. The number of carbonyl (C=O) groups excluding carboxylic acids is 2. The molecule has 1 heterocycles.